The molecule has 3 heterocycles. The predicted octanol–water partition coefficient (Wildman–Crippen LogP) is 2.62. The van der Waals surface area contributed by atoms with Crippen molar-refractivity contribution in [2.24, 2.45) is 0 Å². The number of thiophene rings is 1. The first kappa shape index (κ1) is 17.4. The van der Waals surface area contributed by atoms with Gasteiger partial charge in [-0.2, -0.15) is 0 Å². The standard InChI is InChI=1S/C16H15N3O4S2/c1-10(14(21)17-7-11-3-2-5-22-11)23-13(20)8-25-16-12-4-6-24-15(12)18-9-19-16/h2-6,9-10H,7-8H2,1H3,(H,17,21)/t10-/m0/s1. The Kier molecular flexibility index (Phi) is 5.67. The number of nitrogens with zero attached hydrogens (tertiary/aromatic N) is 2. The summed E-state index contributed by atoms with van der Waals surface area (Å²) in [4.78, 5) is 33.1. The first-order valence-electron chi connectivity index (χ1n) is 7.44. The third-order valence-electron chi connectivity index (χ3n) is 3.25. The quantitative estimate of drug-likeness (QED) is 0.384. The first-order valence-corrected chi connectivity index (χ1v) is 9.30. The fraction of sp³-hybridized carbons (Fsp3) is 0.250. The Bertz CT molecular complexity index is 863. The molecule has 3 aromatic rings. The molecule has 0 aliphatic carbocycles. The van der Waals surface area contributed by atoms with Crippen LogP contribution in [0.5, 0.6) is 0 Å². The summed E-state index contributed by atoms with van der Waals surface area (Å²) in [5, 5.41) is 6.20. The van der Waals surface area contributed by atoms with Crippen molar-refractivity contribution in [3.05, 3.63) is 41.9 Å². The van der Waals surface area contributed by atoms with Crippen molar-refractivity contribution >= 4 is 45.2 Å². The molecule has 1 atom stereocenters. The Morgan fingerprint density at radius 1 is 1.40 bits per heavy atom. The van der Waals surface area contributed by atoms with Crippen molar-refractivity contribution in [3.8, 4) is 0 Å². The van der Waals surface area contributed by atoms with E-state index < -0.39 is 12.1 Å². The third-order valence-corrected chi connectivity index (χ3v) is 5.05. The van der Waals surface area contributed by atoms with E-state index in [2.05, 4.69) is 15.3 Å². The van der Waals surface area contributed by atoms with Gasteiger partial charge in [-0.3, -0.25) is 9.59 Å². The van der Waals surface area contributed by atoms with Gasteiger partial charge in [-0.1, -0.05) is 11.8 Å². The van der Waals surface area contributed by atoms with E-state index in [0.29, 0.717) is 5.76 Å². The number of hydrogen-bond acceptors (Lipinski definition) is 8. The van der Waals surface area contributed by atoms with Crippen LogP contribution in [0.15, 0.2) is 45.6 Å². The van der Waals surface area contributed by atoms with Crippen LogP contribution in [0, 0.1) is 0 Å². The van der Waals surface area contributed by atoms with Crippen LogP contribution in [-0.2, 0) is 20.9 Å². The van der Waals surface area contributed by atoms with E-state index in [1.54, 1.807) is 12.1 Å². The molecular formula is C16H15N3O4S2. The zero-order chi connectivity index (χ0) is 17.6. The highest BCUT2D eigenvalue weighted by Crippen LogP contribution is 2.27. The lowest BCUT2D eigenvalue weighted by atomic mass is 10.3. The zero-order valence-electron chi connectivity index (χ0n) is 13.3. The maximum atomic E-state index is 12.0. The van der Waals surface area contributed by atoms with Gasteiger partial charge in [-0.25, -0.2) is 9.97 Å². The molecule has 3 rings (SSSR count). The fourth-order valence-electron chi connectivity index (χ4n) is 2.03. The normalized spacial score (nSPS) is 12.0. The molecular weight excluding hydrogens is 362 g/mol. The molecule has 1 N–H and O–H groups in total. The van der Waals surface area contributed by atoms with E-state index >= 15 is 0 Å². The van der Waals surface area contributed by atoms with Gasteiger partial charge in [-0.05, 0) is 30.5 Å². The van der Waals surface area contributed by atoms with Crippen molar-refractivity contribution in [1.29, 1.82) is 0 Å². The number of nitrogens with one attached hydrogen (secondary N) is 1. The number of thioether (sulfide) groups is 1. The average molecular weight is 377 g/mol. The Labute approximate surface area is 151 Å². The van der Waals surface area contributed by atoms with Gasteiger partial charge in [-0.15, -0.1) is 11.3 Å². The summed E-state index contributed by atoms with van der Waals surface area (Å²) < 4.78 is 10.3. The molecule has 0 saturated carbocycles. The molecule has 0 spiro atoms. The maximum Gasteiger partial charge on any atom is 0.317 e. The molecule has 0 aliphatic heterocycles. The molecule has 0 aromatic carbocycles. The Balaban J connectivity index is 1.46. The third kappa shape index (κ3) is 4.58. The van der Waals surface area contributed by atoms with E-state index in [1.165, 1.54) is 42.6 Å². The van der Waals surface area contributed by atoms with E-state index in [9.17, 15) is 9.59 Å². The fourth-order valence-corrected chi connectivity index (χ4v) is 3.59. The molecule has 0 saturated heterocycles. The second kappa shape index (κ2) is 8.13. The first-order chi connectivity index (χ1) is 12.1. The average Bonchev–Trinajstić information content (AvgIpc) is 3.29. The number of rotatable bonds is 7. The van der Waals surface area contributed by atoms with E-state index in [0.717, 1.165) is 15.2 Å². The van der Waals surface area contributed by atoms with Crippen LogP contribution in [0.2, 0.25) is 0 Å². The monoisotopic (exact) mass is 377 g/mol. The lowest BCUT2D eigenvalue weighted by Crippen LogP contribution is -2.35. The van der Waals surface area contributed by atoms with Crippen molar-refractivity contribution in [2.45, 2.75) is 24.6 Å². The van der Waals surface area contributed by atoms with Gasteiger partial charge < -0.3 is 14.5 Å². The van der Waals surface area contributed by atoms with Gasteiger partial charge in [0.2, 0.25) is 0 Å². The number of amides is 1. The smallest absolute Gasteiger partial charge is 0.317 e. The minimum absolute atomic E-state index is 0.0672. The maximum absolute atomic E-state index is 12.0. The number of carbonyl (C=O) groups is 2. The molecule has 0 bridgehead atoms. The number of fused-ring (bicyclic) bond motifs is 1. The Morgan fingerprint density at radius 3 is 3.08 bits per heavy atom. The van der Waals surface area contributed by atoms with Crippen molar-refractivity contribution < 1.29 is 18.7 Å². The number of aromatic nitrogens is 2. The highest BCUT2D eigenvalue weighted by Gasteiger charge is 2.18. The van der Waals surface area contributed by atoms with Crippen molar-refractivity contribution in [3.63, 3.8) is 0 Å². The zero-order valence-corrected chi connectivity index (χ0v) is 14.9. The van der Waals surface area contributed by atoms with Crippen LogP contribution in [0.4, 0.5) is 0 Å². The lowest BCUT2D eigenvalue weighted by Gasteiger charge is -2.12. The highest BCUT2D eigenvalue weighted by molar-refractivity contribution is 8.00. The number of carbonyl (C=O) groups excluding carboxylic acids is 2. The SMILES string of the molecule is C[C@H](OC(=O)CSc1ncnc2sccc12)C(=O)NCc1ccco1. The van der Waals surface area contributed by atoms with Gasteiger partial charge in [0.1, 0.15) is 21.9 Å². The van der Waals surface area contributed by atoms with Crippen molar-refractivity contribution in [1.82, 2.24) is 15.3 Å². The van der Waals surface area contributed by atoms with Gasteiger partial charge >= 0.3 is 5.97 Å². The van der Waals surface area contributed by atoms with E-state index in [-0.39, 0.29) is 18.2 Å². The Morgan fingerprint density at radius 2 is 2.28 bits per heavy atom. The van der Waals surface area contributed by atoms with Gasteiger partial charge in [0.05, 0.1) is 18.6 Å². The predicted molar refractivity (Wildman–Crippen MR) is 94.2 cm³/mol. The molecule has 25 heavy (non-hydrogen) atoms. The summed E-state index contributed by atoms with van der Waals surface area (Å²) in [6.07, 6.45) is 2.12. The molecule has 0 fully saturated rings. The second-order valence-electron chi connectivity index (χ2n) is 5.04. The minimum Gasteiger partial charge on any atom is -0.467 e. The number of ether oxygens (including phenoxy) is 1. The van der Waals surface area contributed by atoms with Crippen LogP contribution in [0.1, 0.15) is 12.7 Å². The minimum atomic E-state index is -0.880. The molecule has 3 aromatic heterocycles. The summed E-state index contributed by atoms with van der Waals surface area (Å²) in [6, 6.07) is 5.40. The summed E-state index contributed by atoms with van der Waals surface area (Å²) in [7, 11) is 0. The molecule has 1 amide bonds. The van der Waals surface area contributed by atoms with Gasteiger partial charge in [0.25, 0.3) is 5.91 Å². The molecule has 0 aliphatic rings. The largest absolute Gasteiger partial charge is 0.467 e. The second-order valence-corrected chi connectivity index (χ2v) is 6.89. The van der Waals surface area contributed by atoms with Crippen molar-refractivity contribution in [2.75, 3.05) is 5.75 Å². The molecule has 130 valence electrons. The summed E-state index contributed by atoms with van der Waals surface area (Å²) in [6.45, 7) is 1.78. The van der Waals surface area contributed by atoms with Crippen LogP contribution in [-0.4, -0.2) is 33.7 Å². The van der Waals surface area contributed by atoms with Crippen LogP contribution in [0.3, 0.4) is 0 Å². The summed E-state index contributed by atoms with van der Waals surface area (Å²) in [5.41, 5.74) is 0. The summed E-state index contributed by atoms with van der Waals surface area (Å²) in [5.74, 6) is -0.159. The summed E-state index contributed by atoms with van der Waals surface area (Å²) >= 11 is 2.78. The van der Waals surface area contributed by atoms with E-state index in [1.807, 2.05) is 11.4 Å². The van der Waals surface area contributed by atoms with Crippen LogP contribution in [0.25, 0.3) is 10.2 Å². The highest BCUT2D eigenvalue weighted by atomic mass is 32.2. The lowest BCUT2D eigenvalue weighted by molar-refractivity contribution is -0.152. The number of furan rings is 1. The van der Waals surface area contributed by atoms with E-state index in [4.69, 9.17) is 9.15 Å². The topological polar surface area (TPSA) is 94.3 Å². The molecule has 0 radical (unpaired) electrons. The molecule has 0 unspecified atom stereocenters. The molecule has 7 nitrogen and oxygen atoms in total. The number of esters is 1. The Hall–Kier alpha value is -2.39. The molecule has 9 heteroatoms. The van der Waals surface area contributed by atoms with Crippen LogP contribution < -0.4 is 5.32 Å². The van der Waals surface area contributed by atoms with Crippen LogP contribution >= 0.6 is 23.1 Å². The van der Waals surface area contributed by atoms with Gasteiger partial charge in [0.15, 0.2) is 6.10 Å². The van der Waals surface area contributed by atoms with Gasteiger partial charge in [0, 0.05) is 5.39 Å². The number of hydrogen-bond donors (Lipinski definition) is 1.